The molecule has 21 heavy (non-hydrogen) atoms. The number of amides is 1. The van der Waals surface area contributed by atoms with Crippen molar-refractivity contribution in [3.63, 3.8) is 0 Å². The van der Waals surface area contributed by atoms with Gasteiger partial charge in [0.25, 0.3) is 5.91 Å². The van der Waals surface area contributed by atoms with E-state index in [4.69, 9.17) is 5.73 Å². The van der Waals surface area contributed by atoms with Gasteiger partial charge in [-0.2, -0.15) is 0 Å². The Morgan fingerprint density at radius 2 is 1.95 bits per heavy atom. The summed E-state index contributed by atoms with van der Waals surface area (Å²) in [6.45, 7) is 8.03. The van der Waals surface area contributed by atoms with Crippen molar-refractivity contribution >= 4 is 11.7 Å². The topological polar surface area (TPSA) is 67.5 Å². The summed E-state index contributed by atoms with van der Waals surface area (Å²) in [4.78, 5) is 15.8. The van der Waals surface area contributed by atoms with Crippen LogP contribution in [-0.2, 0) is 4.79 Å². The fourth-order valence-electron chi connectivity index (χ4n) is 1.92. The number of nitrogens with one attached hydrogen (secondary N) is 1. The molecule has 0 spiro atoms. The van der Waals surface area contributed by atoms with Gasteiger partial charge >= 0.3 is 0 Å². The van der Waals surface area contributed by atoms with Crippen LogP contribution >= 0.6 is 0 Å². The Morgan fingerprint density at radius 1 is 1.29 bits per heavy atom. The van der Waals surface area contributed by atoms with Crippen LogP contribution in [0.15, 0.2) is 40.1 Å². The highest BCUT2D eigenvalue weighted by Crippen LogP contribution is 2.11. The molecule has 0 aromatic carbocycles. The van der Waals surface area contributed by atoms with Crippen LogP contribution in [0.4, 0.5) is 0 Å². The molecule has 1 amide bonds. The summed E-state index contributed by atoms with van der Waals surface area (Å²) in [6.07, 6.45) is 9.77. The second kappa shape index (κ2) is 10.9. The van der Waals surface area contributed by atoms with Gasteiger partial charge in [0.15, 0.2) is 0 Å². The maximum Gasteiger partial charge on any atom is 0.265 e. The monoisotopic (exact) mass is 291 g/mol. The summed E-state index contributed by atoms with van der Waals surface area (Å²) in [7, 11) is 1.72. The van der Waals surface area contributed by atoms with Crippen molar-refractivity contribution in [1.29, 1.82) is 0 Å². The number of primary amides is 1. The fourth-order valence-corrected chi connectivity index (χ4v) is 1.92. The van der Waals surface area contributed by atoms with Crippen LogP contribution in [0, 0.1) is 0 Å². The third kappa shape index (κ3) is 7.49. The Balaban J connectivity index is 4.89. The third-order valence-corrected chi connectivity index (χ3v) is 3.24. The summed E-state index contributed by atoms with van der Waals surface area (Å²) >= 11 is 0. The van der Waals surface area contributed by atoms with Gasteiger partial charge in [-0.05, 0) is 38.7 Å². The first kappa shape index (κ1) is 19.2. The molecular weight excluding hydrogens is 262 g/mol. The van der Waals surface area contributed by atoms with Crippen LogP contribution in [0.5, 0.6) is 0 Å². The second-order valence-corrected chi connectivity index (χ2v) is 4.86. The van der Waals surface area contributed by atoms with Crippen LogP contribution in [0.3, 0.4) is 0 Å². The minimum absolute atomic E-state index is 0.437. The predicted molar refractivity (Wildman–Crippen MR) is 91.1 cm³/mol. The van der Waals surface area contributed by atoms with Crippen molar-refractivity contribution in [2.45, 2.75) is 53.4 Å². The van der Waals surface area contributed by atoms with Crippen LogP contribution in [0.1, 0.15) is 53.4 Å². The predicted octanol–water partition coefficient (Wildman–Crippen LogP) is 3.47. The van der Waals surface area contributed by atoms with E-state index < -0.39 is 5.91 Å². The number of rotatable bonds is 8. The molecule has 0 atom stereocenters. The summed E-state index contributed by atoms with van der Waals surface area (Å²) in [5, 5.41) is 3.10. The van der Waals surface area contributed by atoms with Gasteiger partial charge in [0, 0.05) is 13.5 Å². The molecule has 3 N–H and O–H groups in total. The highest BCUT2D eigenvalue weighted by molar-refractivity contribution is 5.98. The van der Waals surface area contributed by atoms with Crippen molar-refractivity contribution in [1.82, 2.24) is 5.32 Å². The molecule has 0 saturated carbocycles. The van der Waals surface area contributed by atoms with Gasteiger partial charge in [-0.3, -0.25) is 9.79 Å². The number of carbonyl (C=O) groups is 1. The van der Waals surface area contributed by atoms with Crippen LogP contribution in [0.2, 0.25) is 0 Å². The van der Waals surface area contributed by atoms with Gasteiger partial charge in [-0.1, -0.05) is 37.6 Å². The molecule has 0 aromatic heterocycles. The van der Waals surface area contributed by atoms with Gasteiger partial charge < -0.3 is 11.1 Å². The molecule has 118 valence electrons. The second-order valence-electron chi connectivity index (χ2n) is 4.86. The van der Waals surface area contributed by atoms with Gasteiger partial charge in [0.2, 0.25) is 0 Å². The first-order valence-electron chi connectivity index (χ1n) is 7.53. The number of amidine groups is 1. The van der Waals surface area contributed by atoms with E-state index in [9.17, 15) is 4.79 Å². The molecule has 0 unspecified atom stereocenters. The van der Waals surface area contributed by atoms with Crippen molar-refractivity contribution < 1.29 is 4.79 Å². The Labute approximate surface area is 128 Å². The molecule has 0 bridgehead atoms. The maximum absolute atomic E-state index is 11.5. The number of carbonyl (C=O) groups excluding carboxylic acids is 1. The normalized spacial score (nSPS) is 14.3. The van der Waals surface area contributed by atoms with Gasteiger partial charge in [-0.25, -0.2) is 0 Å². The maximum atomic E-state index is 11.5. The standard InChI is InChI=1S/C17H29N3O/c1-6-9-14(10-7-2)11-12-15(19-5)20-16(17(18)21)13(4)8-3/h6,9-10H,7-8,11-12H2,1-5H3,(H2,18,21)(H,19,20)/b9-6-,14-10+,16-13+. The van der Waals surface area contributed by atoms with Crippen molar-refractivity contribution in [2.75, 3.05) is 7.05 Å². The first-order valence-corrected chi connectivity index (χ1v) is 7.53. The van der Waals surface area contributed by atoms with E-state index in [-0.39, 0.29) is 0 Å². The smallest absolute Gasteiger partial charge is 0.265 e. The molecule has 4 nitrogen and oxygen atoms in total. The van der Waals surface area contributed by atoms with E-state index in [0.29, 0.717) is 5.70 Å². The lowest BCUT2D eigenvalue weighted by Gasteiger charge is -2.13. The highest BCUT2D eigenvalue weighted by atomic mass is 16.1. The van der Waals surface area contributed by atoms with E-state index >= 15 is 0 Å². The number of hydrogen-bond acceptors (Lipinski definition) is 2. The zero-order valence-corrected chi connectivity index (χ0v) is 14.0. The number of nitrogens with two attached hydrogens (primary N) is 1. The number of aliphatic imine (C=N–C) groups is 1. The van der Waals surface area contributed by atoms with Crippen LogP contribution in [-0.4, -0.2) is 18.8 Å². The molecule has 0 aliphatic heterocycles. The average Bonchev–Trinajstić information content (AvgIpc) is 2.46. The van der Waals surface area contributed by atoms with E-state index in [0.717, 1.165) is 37.1 Å². The molecular formula is C17H29N3O. The van der Waals surface area contributed by atoms with Gasteiger partial charge in [0.05, 0.1) is 0 Å². The van der Waals surface area contributed by atoms with Crippen molar-refractivity contribution in [3.8, 4) is 0 Å². The van der Waals surface area contributed by atoms with Crippen molar-refractivity contribution in [3.05, 3.63) is 35.1 Å². The minimum atomic E-state index is -0.437. The molecule has 0 aliphatic rings. The SMILES string of the molecule is C/C=C\C(=C/CC)CC/C(=N/C)N/C(C(N)=O)=C(\C)CC. The molecule has 0 heterocycles. The van der Waals surface area contributed by atoms with E-state index in [1.165, 1.54) is 5.57 Å². The minimum Gasteiger partial charge on any atom is -0.364 e. The zero-order chi connectivity index (χ0) is 16.3. The van der Waals surface area contributed by atoms with Gasteiger partial charge in [-0.15, -0.1) is 0 Å². The van der Waals surface area contributed by atoms with Gasteiger partial charge in [0.1, 0.15) is 11.5 Å². The Morgan fingerprint density at radius 3 is 2.38 bits per heavy atom. The molecule has 0 rings (SSSR count). The lowest BCUT2D eigenvalue weighted by Crippen LogP contribution is -2.32. The lowest BCUT2D eigenvalue weighted by atomic mass is 10.1. The fraction of sp³-hybridized carbons (Fsp3) is 0.529. The molecule has 4 heteroatoms. The Hall–Kier alpha value is -1.84. The summed E-state index contributed by atoms with van der Waals surface area (Å²) in [5.41, 5.74) is 8.12. The summed E-state index contributed by atoms with van der Waals surface area (Å²) < 4.78 is 0. The summed E-state index contributed by atoms with van der Waals surface area (Å²) in [5.74, 6) is 0.344. The molecule has 0 aliphatic carbocycles. The molecule has 0 aromatic rings. The van der Waals surface area contributed by atoms with E-state index in [1.54, 1.807) is 7.05 Å². The number of hydrogen-bond donors (Lipinski definition) is 2. The quantitative estimate of drug-likeness (QED) is 0.311. The molecule has 0 radical (unpaired) electrons. The van der Waals surface area contributed by atoms with Crippen LogP contribution in [0.25, 0.3) is 0 Å². The zero-order valence-electron chi connectivity index (χ0n) is 14.0. The van der Waals surface area contributed by atoms with Crippen molar-refractivity contribution in [2.24, 2.45) is 10.7 Å². The average molecular weight is 291 g/mol. The third-order valence-electron chi connectivity index (χ3n) is 3.24. The van der Waals surface area contributed by atoms with E-state index in [2.05, 4.69) is 29.4 Å². The Kier molecular flexibility index (Phi) is 9.94. The highest BCUT2D eigenvalue weighted by Gasteiger charge is 2.11. The Bertz CT molecular complexity index is 457. The van der Waals surface area contributed by atoms with E-state index in [1.807, 2.05) is 26.8 Å². The van der Waals surface area contributed by atoms with Crippen LogP contribution < -0.4 is 11.1 Å². The number of nitrogens with zero attached hydrogens (tertiary/aromatic N) is 1. The number of allylic oxidation sites excluding steroid dienone is 5. The molecule has 0 saturated heterocycles. The largest absolute Gasteiger partial charge is 0.364 e. The lowest BCUT2D eigenvalue weighted by molar-refractivity contribution is -0.114. The molecule has 0 fully saturated rings. The summed E-state index contributed by atoms with van der Waals surface area (Å²) in [6, 6.07) is 0. The first-order chi connectivity index (χ1) is 9.99.